The highest BCUT2D eigenvalue weighted by molar-refractivity contribution is 6.05. The third-order valence-electron chi connectivity index (χ3n) is 7.80. The molecule has 1 aliphatic rings. The van der Waals surface area contributed by atoms with Gasteiger partial charge in [0.25, 0.3) is 0 Å². The number of carboxylic acid groups (broad SMARTS) is 1. The molecule has 3 N–H and O–H groups in total. The fraction of sp³-hybridized carbons (Fsp3) is 0.294. The molecule has 1 aliphatic heterocycles. The van der Waals surface area contributed by atoms with E-state index < -0.39 is 12.1 Å². The lowest BCUT2D eigenvalue weighted by Gasteiger charge is -2.34. The number of H-pyrrole nitrogens is 1. The molecule has 5 rings (SSSR count). The zero-order chi connectivity index (χ0) is 34.5. The molecular weight excluding hydrogens is 613 g/mol. The summed E-state index contributed by atoms with van der Waals surface area (Å²) in [5.74, 6) is -3.00. The standard InChI is InChI=1S/C32H36N6O2.C2HF3O2/c1-6-28(39)34-27-19-24(8-7-21(27)2)30-26-17-22(18-29(40)36(3)4)20-33-32(26)35-31(30)23-9-11-25(12-10-23)38-15-13-37(5)14-16-38;3-2(4,5)1(6)7/h6-12,17,19-20H,1,13-16,18H2,2-5H3,(H,33,35)(H,34,39);(H,6,7). The van der Waals surface area contributed by atoms with Crippen molar-refractivity contribution in [1.29, 1.82) is 0 Å². The van der Waals surface area contributed by atoms with E-state index in [9.17, 15) is 22.8 Å². The van der Waals surface area contributed by atoms with Crippen molar-refractivity contribution in [3.8, 4) is 22.4 Å². The molecule has 4 aromatic rings. The number of alkyl halides is 3. The molecule has 2 aromatic carbocycles. The van der Waals surface area contributed by atoms with Crippen molar-refractivity contribution in [2.45, 2.75) is 19.5 Å². The first kappa shape index (κ1) is 34.7. The highest BCUT2D eigenvalue weighted by atomic mass is 19.4. The number of carboxylic acids is 1. The molecule has 0 aliphatic carbocycles. The lowest BCUT2D eigenvalue weighted by molar-refractivity contribution is -0.192. The summed E-state index contributed by atoms with van der Waals surface area (Å²) >= 11 is 0. The molecule has 0 saturated carbocycles. The monoisotopic (exact) mass is 650 g/mol. The van der Waals surface area contributed by atoms with E-state index >= 15 is 0 Å². The minimum atomic E-state index is -5.08. The zero-order valence-electron chi connectivity index (χ0n) is 26.6. The maximum atomic E-state index is 12.5. The number of hydrogen-bond acceptors (Lipinski definition) is 6. The van der Waals surface area contributed by atoms with Gasteiger partial charge in [-0.2, -0.15) is 13.2 Å². The number of carbonyl (C=O) groups excluding carboxylic acids is 2. The number of rotatable bonds is 7. The van der Waals surface area contributed by atoms with Crippen LogP contribution in [-0.2, 0) is 20.8 Å². The highest BCUT2D eigenvalue weighted by Gasteiger charge is 2.38. The molecule has 2 aromatic heterocycles. The van der Waals surface area contributed by atoms with Gasteiger partial charge in [0.05, 0.1) is 12.1 Å². The van der Waals surface area contributed by atoms with Gasteiger partial charge in [-0.05, 0) is 66.6 Å². The summed E-state index contributed by atoms with van der Waals surface area (Å²) in [6.45, 7) is 9.66. The van der Waals surface area contributed by atoms with E-state index in [0.29, 0.717) is 0 Å². The smallest absolute Gasteiger partial charge is 0.475 e. The number of aromatic nitrogens is 2. The van der Waals surface area contributed by atoms with Crippen LogP contribution in [0.5, 0.6) is 0 Å². The van der Waals surface area contributed by atoms with Crippen molar-refractivity contribution in [2.75, 3.05) is 57.5 Å². The molecule has 1 saturated heterocycles. The van der Waals surface area contributed by atoms with Gasteiger partial charge in [0.1, 0.15) is 5.65 Å². The second-order valence-electron chi connectivity index (χ2n) is 11.4. The number of carbonyl (C=O) groups is 3. The van der Waals surface area contributed by atoms with Gasteiger partial charge in [-0.25, -0.2) is 9.78 Å². The largest absolute Gasteiger partial charge is 0.490 e. The fourth-order valence-electron chi connectivity index (χ4n) is 5.06. The summed E-state index contributed by atoms with van der Waals surface area (Å²) in [6.07, 6.45) is -1.79. The van der Waals surface area contributed by atoms with Crippen LogP contribution >= 0.6 is 0 Å². The maximum absolute atomic E-state index is 12.5. The minimum Gasteiger partial charge on any atom is -0.475 e. The van der Waals surface area contributed by atoms with Crippen molar-refractivity contribution in [3.63, 3.8) is 0 Å². The van der Waals surface area contributed by atoms with E-state index in [1.807, 2.05) is 25.1 Å². The minimum absolute atomic E-state index is 0.0164. The molecule has 0 spiro atoms. The number of nitrogens with one attached hydrogen (secondary N) is 2. The van der Waals surface area contributed by atoms with E-state index in [4.69, 9.17) is 14.9 Å². The van der Waals surface area contributed by atoms with Crippen molar-refractivity contribution in [1.82, 2.24) is 19.8 Å². The summed E-state index contributed by atoms with van der Waals surface area (Å²) in [7, 11) is 5.67. The van der Waals surface area contributed by atoms with Gasteiger partial charge in [0, 0.05) is 68.8 Å². The number of aryl methyl sites for hydroxylation is 1. The van der Waals surface area contributed by atoms with Crippen LogP contribution in [0.25, 0.3) is 33.4 Å². The number of piperazine rings is 1. The number of nitrogens with zero attached hydrogens (tertiary/aromatic N) is 4. The first-order chi connectivity index (χ1) is 22.2. The van der Waals surface area contributed by atoms with Crippen LogP contribution in [0.2, 0.25) is 0 Å². The lowest BCUT2D eigenvalue weighted by Crippen LogP contribution is -2.44. The number of fused-ring (bicyclic) bond motifs is 1. The van der Waals surface area contributed by atoms with Gasteiger partial charge in [-0.1, -0.05) is 30.8 Å². The fourth-order valence-corrected chi connectivity index (χ4v) is 5.06. The Labute approximate surface area is 270 Å². The Morgan fingerprint density at radius 2 is 1.66 bits per heavy atom. The average Bonchev–Trinajstić information content (AvgIpc) is 3.41. The zero-order valence-corrected chi connectivity index (χ0v) is 26.6. The van der Waals surface area contributed by atoms with E-state index in [-0.39, 0.29) is 18.2 Å². The molecule has 0 bridgehead atoms. The molecule has 0 radical (unpaired) electrons. The summed E-state index contributed by atoms with van der Waals surface area (Å²) in [6, 6.07) is 16.7. The first-order valence-corrected chi connectivity index (χ1v) is 14.8. The third kappa shape index (κ3) is 8.55. The van der Waals surface area contributed by atoms with Crippen LogP contribution in [0.1, 0.15) is 11.1 Å². The Kier molecular flexibility index (Phi) is 10.7. The van der Waals surface area contributed by atoms with Gasteiger partial charge < -0.3 is 30.1 Å². The molecule has 0 unspecified atom stereocenters. The van der Waals surface area contributed by atoms with Crippen LogP contribution in [0.15, 0.2) is 67.4 Å². The van der Waals surface area contributed by atoms with Crippen LogP contribution < -0.4 is 10.2 Å². The Bertz CT molecular complexity index is 1780. The Hall–Kier alpha value is -5.17. The van der Waals surface area contributed by atoms with E-state index in [1.165, 1.54) is 11.8 Å². The molecule has 0 atom stereocenters. The molecule has 10 nitrogen and oxygen atoms in total. The maximum Gasteiger partial charge on any atom is 0.490 e. The number of amides is 2. The van der Waals surface area contributed by atoms with Gasteiger partial charge in [0.2, 0.25) is 11.8 Å². The normalized spacial score (nSPS) is 13.5. The number of halogens is 3. The average molecular weight is 651 g/mol. The molecule has 1 fully saturated rings. The van der Waals surface area contributed by atoms with Gasteiger partial charge in [0.15, 0.2) is 0 Å². The van der Waals surface area contributed by atoms with Crippen LogP contribution in [-0.4, -0.2) is 96.2 Å². The SMILES string of the molecule is C=CC(=O)Nc1cc(-c2c(-c3ccc(N4CCN(C)CC4)cc3)[nH]c3ncc(CC(=O)N(C)C)cc23)ccc1C.O=C(O)C(F)(F)F. The number of hydrogen-bond donors (Lipinski definition) is 3. The van der Waals surface area contributed by atoms with Gasteiger partial charge >= 0.3 is 12.1 Å². The molecule has 47 heavy (non-hydrogen) atoms. The van der Waals surface area contributed by atoms with E-state index in [1.54, 1.807) is 25.2 Å². The third-order valence-corrected chi connectivity index (χ3v) is 7.80. The highest BCUT2D eigenvalue weighted by Crippen LogP contribution is 2.40. The summed E-state index contributed by atoms with van der Waals surface area (Å²) < 4.78 is 31.7. The number of benzene rings is 2. The van der Waals surface area contributed by atoms with Crippen LogP contribution in [0, 0.1) is 6.92 Å². The summed E-state index contributed by atoms with van der Waals surface area (Å²) in [4.78, 5) is 48.1. The van der Waals surface area contributed by atoms with Crippen molar-refractivity contribution in [3.05, 3.63) is 78.5 Å². The molecular formula is C34H37F3N6O4. The number of likely N-dealkylation sites (N-methyl/N-ethyl adjacent to an activating group) is 2. The van der Waals surface area contributed by atoms with Crippen LogP contribution in [0.3, 0.4) is 0 Å². The first-order valence-electron chi connectivity index (χ1n) is 14.8. The predicted molar refractivity (Wildman–Crippen MR) is 176 cm³/mol. The molecule has 248 valence electrons. The number of pyridine rings is 1. The Morgan fingerprint density at radius 1 is 1.04 bits per heavy atom. The van der Waals surface area contributed by atoms with Gasteiger partial charge in [-0.15, -0.1) is 0 Å². The molecule has 2 amide bonds. The molecule has 13 heteroatoms. The van der Waals surface area contributed by atoms with Crippen molar-refractivity contribution < 1.29 is 32.7 Å². The van der Waals surface area contributed by atoms with Gasteiger partial charge in [-0.3, -0.25) is 9.59 Å². The second kappa shape index (κ2) is 14.5. The second-order valence-corrected chi connectivity index (χ2v) is 11.4. The predicted octanol–water partition coefficient (Wildman–Crippen LogP) is 5.35. The van der Waals surface area contributed by atoms with E-state index in [2.05, 4.69) is 64.1 Å². The summed E-state index contributed by atoms with van der Waals surface area (Å²) in [5, 5.41) is 11.0. The van der Waals surface area contributed by atoms with Crippen molar-refractivity contribution in [2.24, 2.45) is 0 Å². The number of aliphatic carboxylic acids is 1. The molecule has 3 heterocycles. The van der Waals surface area contributed by atoms with E-state index in [0.717, 1.165) is 76.4 Å². The number of anilines is 2. The quantitative estimate of drug-likeness (QED) is 0.231. The topological polar surface area (TPSA) is 122 Å². The Balaban J connectivity index is 0.000000644. The van der Waals surface area contributed by atoms with Crippen LogP contribution in [0.4, 0.5) is 24.5 Å². The lowest BCUT2D eigenvalue weighted by atomic mass is 9.96. The summed E-state index contributed by atoms with van der Waals surface area (Å²) in [5.41, 5.74) is 8.36. The number of aromatic amines is 1. The Morgan fingerprint density at radius 3 is 2.23 bits per heavy atom. The van der Waals surface area contributed by atoms with Crippen molar-refractivity contribution >= 4 is 40.2 Å².